The van der Waals surface area contributed by atoms with Crippen LogP contribution in [0.3, 0.4) is 0 Å². The van der Waals surface area contributed by atoms with Crippen LogP contribution in [-0.2, 0) is 45.9 Å². The molecule has 0 aromatic heterocycles. The first kappa shape index (κ1) is 59.6. The Kier molecular flexibility index (Phi) is 31.8. The van der Waals surface area contributed by atoms with Crippen LogP contribution in [-0.4, -0.2) is 63.7 Å². The second kappa shape index (κ2) is 34.7. The quantitative estimate of drug-likeness (QED) is 0.0262. The van der Waals surface area contributed by atoms with Gasteiger partial charge in [-0.15, -0.1) is 0 Å². The molecule has 4 aromatic rings. The summed E-state index contributed by atoms with van der Waals surface area (Å²) in [6.45, 7) is 8.92. The van der Waals surface area contributed by atoms with Gasteiger partial charge in [-0.1, -0.05) is 230 Å². The summed E-state index contributed by atoms with van der Waals surface area (Å²) < 4.78 is 72.1. The van der Waals surface area contributed by atoms with E-state index in [4.69, 9.17) is 0 Å². The number of unbranched alkanes of at least 4 members (excludes halogenated alkanes) is 24. The van der Waals surface area contributed by atoms with Crippen molar-refractivity contribution in [3.63, 3.8) is 0 Å². The molecule has 0 aliphatic rings. The third kappa shape index (κ3) is 22.6. The summed E-state index contributed by atoms with van der Waals surface area (Å²) in [5.74, 6) is 0. The zero-order chi connectivity index (χ0) is 46.5. The molecule has 0 amide bonds. The number of hydrogen-bond acceptors (Lipinski definition) is 6. The monoisotopic (exact) mass is 959 g/mol. The van der Waals surface area contributed by atoms with Crippen LogP contribution in [0.4, 0.5) is 0 Å². The summed E-state index contributed by atoms with van der Waals surface area (Å²) in [5, 5.41) is 3.25. The molecule has 0 heterocycles. The minimum atomic E-state index is -4.50. The molecule has 360 valence electrons. The molecule has 0 N–H and O–H groups in total. The van der Waals surface area contributed by atoms with E-state index in [0.29, 0.717) is 10.8 Å². The molecule has 0 aliphatic heterocycles. The van der Waals surface area contributed by atoms with Gasteiger partial charge in [-0.05, 0) is 96.5 Å². The van der Waals surface area contributed by atoms with E-state index in [1.54, 1.807) is 12.1 Å². The summed E-state index contributed by atoms with van der Waals surface area (Å²) in [6, 6.07) is 18.9. The Bertz CT molecular complexity index is 1960. The van der Waals surface area contributed by atoms with Crippen LogP contribution < -0.4 is 0 Å². The van der Waals surface area contributed by atoms with Gasteiger partial charge in [0.25, 0.3) is 0 Å². The molecule has 9 heteroatoms. The first-order chi connectivity index (χ1) is 31.0. The molecule has 0 aliphatic carbocycles. The van der Waals surface area contributed by atoms with E-state index < -0.39 is 20.2 Å². The fraction of sp³-hybridized carbons (Fsp3) is 0.643. The first-order valence-electron chi connectivity index (χ1n) is 26.0. The van der Waals surface area contributed by atoms with E-state index in [-0.39, 0.29) is 47.5 Å². The predicted molar refractivity (Wildman–Crippen MR) is 276 cm³/mol. The molecule has 6 nitrogen and oxygen atoms in total. The molecule has 0 spiro atoms. The van der Waals surface area contributed by atoms with Crippen molar-refractivity contribution in [3.8, 4) is 0 Å². The summed E-state index contributed by atoms with van der Waals surface area (Å²) >= 11 is 0. The topological polar surface area (TPSA) is 114 Å². The van der Waals surface area contributed by atoms with Crippen molar-refractivity contribution in [2.45, 2.75) is 243 Å². The van der Waals surface area contributed by atoms with Crippen LogP contribution in [0.2, 0.25) is 0 Å². The minimum absolute atomic E-state index is 0. The van der Waals surface area contributed by atoms with Crippen molar-refractivity contribution >= 4 is 79.5 Å². The fourth-order valence-corrected chi connectivity index (χ4v) is 10.8. The normalized spacial score (nSPS) is 11.8. The van der Waals surface area contributed by atoms with Gasteiger partial charge >= 0.3 is 37.7 Å². The SMILES string of the molecule is CCCCCCCCCc1ccc(CCCCCCCCC)c2c(S(=O)(=O)[O-])cccc12.CCCCCCCCCc1ccc(CCCCCCCCC)c2c(S(=O)(=O)[O-])cccc12.[Ca+2]. The summed E-state index contributed by atoms with van der Waals surface area (Å²) in [7, 11) is -9.00. The van der Waals surface area contributed by atoms with E-state index in [2.05, 4.69) is 52.0 Å². The molecular weight excluding hydrogens is 873 g/mol. The van der Waals surface area contributed by atoms with Gasteiger partial charge in [0.05, 0.1) is 9.79 Å². The van der Waals surface area contributed by atoms with Crippen LogP contribution in [0, 0.1) is 0 Å². The van der Waals surface area contributed by atoms with Crippen molar-refractivity contribution < 1.29 is 25.9 Å². The number of fused-ring (bicyclic) bond motifs is 2. The largest absolute Gasteiger partial charge is 2.00 e. The van der Waals surface area contributed by atoms with Crippen molar-refractivity contribution in [3.05, 3.63) is 82.9 Å². The molecule has 4 rings (SSSR count). The van der Waals surface area contributed by atoms with Gasteiger partial charge < -0.3 is 9.11 Å². The Morgan fingerprint density at radius 2 is 0.554 bits per heavy atom. The van der Waals surface area contributed by atoms with Crippen LogP contribution in [0.1, 0.15) is 230 Å². The average Bonchev–Trinajstić information content (AvgIpc) is 3.27. The van der Waals surface area contributed by atoms with E-state index >= 15 is 0 Å². The van der Waals surface area contributed by atoms with Crippen molar-refractivity contribution in [1.82, 2.24) is 0 Å². The summed E-state index contributed by atoms with van der Waals surface area (Å²) in [6.07, 6.45) is 38.1. The van der Waals surface area contributed by atoms with E-state index in [0.717, 1.165) is 86.1 Å². The standard InChI is InChI=1S/2C28H44O3S.Ca/c2*1-3-5-7-9-11-13-15-18-24-22-23-25(19-16-14-12-10-8-6-4-2)28-26(24)20-17-21-27(28)32(29,30)31;/h2*17,20-23H,3-16,18-19H2,1-2H3,(H,29,30,31);/q;;+2/p-2. The third-order valence-electron chi connectivity index (χ3n) is 13.1. The van der Waals surface area contributed by atoms with E-state index in [1.807, 2.05) is 12.1 Å². The van der Waals surface area contributed by atoms with Gasteiger partial charge in [0, 0.05) is 10.8 Å². The number of hydrogen-bond donors (Lipinski definition) is 0. The molecule has 0 atom stereocenters. The van der Waals surface area contributed by atoms with Crippen LogP contribution >= 0.6 is 0 Å². The maximum atomic E-state index is 12.0. The Hall–Kier alpha value is -1.52. The second-order valence-corrected chi connectivity index (χ2v) is 21.2. The van der Waals surface area contributed by atoms with Crippen molar-refractivity contribution in [2.75, 3.05) is 0 Å². The zero-order valence-electron chi connectivity index (χ0n) is 41.4. The van der Waals surface area contributed by atoms with Gasteiger partial charge in [-0.2, -0.15) is 0 Å². The smallest absolute Gasteiger partial charge is 0.744 e. The fourth-order valence-electron chi connectivity index (χ4n) is 9.37. The van der Waals surface area contributed by atoms with Crippen molar-refractivity contribution in [1.29, 1.82) is 0 Å². The summed E-state index contributed by atoms with van der Waals surface area (Å²) in [5.41, 5.74) is 4.35. The number of rotatable bonds is 34. The van der Waals surface area contributed by atoms with Crippen LogP contribution in [0.25, 0.3) is 21.5 Å². The van der Waals surface area contributed by atoms with E-state index in [9.17, 15) is 25.9 Å². The van der Waals surface area contributed by atoms with Crippen molar-refractivity contribution in [2.24, 2.45) is 0 Å². The summed E-state index contributed by atoms with van der Waals surface area (Å²) in [4.78, 5) is -0.0938. The maximum Gasteiger partial charge on any atom is 2.00 e. The molecule has 0 fully saturated rings. The molecule has 4 aromatic carbocycles. The van der Waals surface area contributed by atoms with E-state index in [1.165, 1.54) is 165 Å². The Morgan fingerprint density at radius 1 is 0.323 bits per heavy atom. The van der Waals surface area contributed by atoms with Crippen LogP contribution in [0.15, 0.2) is 70.5 Å². The molecule has 0 radical (unpaired) electrons. The molecular formula is C56H86CaO6S2. The number of benzene rings is 4. The van der Waals surface area contributed by atoms with Gasteiger partial charge in [-0.25, -0.2) is 16.8 Å². The molecule has 65 heavy (non-hydrogen) atoms. The molecule has 0 unspecified atom stereocenters. The van der Waals surface area contributed by atoms with Gasteiger partial charge in [0.1, 0.15) is 20.2 Å². The maximum absolute atomic E-state index is 12.0. The molecule has 0 saturated carbocycles. The number of aryl methyl sites for hydroxylation is 4. The first-order valence-corrected chi connectivity index (χ1v) is 28.8. The average molecular weight is 960 g/mol. The minimum Gasteiger partial charge on any atom is -0.744 e. The second-order valence-electron chi connectivity index (χ2n) is 18.5. The molecule has 0 bridgehead atoms. The third-order valence-corrected chi connectivity index (χ3v) is 14.9. The van der Waals surface area contributed by atoms with Crippen LogP contribution in [0.5, 0.6) is 0 Å². The van der Waals surface area contributed by atoms with Gasteiger partial charge in [0.15, 0.2) is 0 Å². The predicted octanol–water partition coefficient (Wildman–Crippen LogP) is 16.3. The Labute approximate surface area is 427 Å². The van der Waals surface area contributed by atoms with Gasteiger partial charge in [0.2, 0.25) is 0 Å². The zero-order valence-corrected chi connectivity index (χ0v) is 45.2. The Morgan fingerprint density at radius 3 is 0.815 bits per heavy atom. The Balaban J connectivity index is 0.000000440. The molecule has 0 saturated heterocycles. The van der Waals surface area contributed by atoms with Gasteiger partial charge in [-0.3, -0.25) is 0 Å².